The maximum absolute atomic E-state index is 3.94. The Kier molecular flexibility index (Phi) is 3.50. The molecule has 2 nitrogen and oxygen atoms in total. The van der Waals surface area contributed by atoms with E-state index < -0.39 is 0 Å². The second-order valence-electron chi connectivity index (χ2n) is 3.45. The van der Waals surface area contributed by atoms with E-state index in [4.69, 9.17) is 0 Å². The van der Waals surface area contributed by atoms with E-state index in [1.165, 1.54) is 0 Å². The van der Waals surface area contributed by atoms with Crippen LogP contribution in [0.15, 0.2) is 29.3 Å². The minimum absolute atomic E-state index is 0.637. The predicted molar refractivity (Wildman–Crippen MR) is 59.0 cm³/mol. The van der Waals surface area contributed by atoms with Gasteiger partial charge in [0.15, 0.2) is 0 Å². The third-order valence-corrected chi connectivity index (χ3v) is 1.78. The molecule has 1 rings (SSSR count). The van der Waals surface area contributed by atoms with Crippen molar-refractivity contribution in [3.63, 3.8) is 0 Å². The molecule has 0 fully saturated rings. The van der Waals surface area contributed by atoms with Gasteiger partial charge in [-0.2, -0.15) is 0 Å². The van der Waals surface area contributed by atoms with E-state index in [0.29, 0.717) is 5.92 Å². The van der Waals surface area contributed by atoms with Crippen molar-refractivity contribution >= 4 is 18.1 Å². The summed E-state index contributed by atoms with van der Waals surface area (Å²) in [5, 5.41) is 3.33. The van der Waals surface area contributed by atoms with Crippen LogP contribution in [-0.4, -0.2) is 13.3 Å². The van der Waals surface area contributed by atoms with E-state index in [0.717, 1.165) is 17.9 Å². The van der Waals surface area contributed by atoms with Gasteiger partial charge in [0.05, 0.1) is 11.4 Å². The SMILES string of the molecule is C=Nc1ccccc1NCC(C)C. The van der Waals surface area contributed by atoms with E-state index >= 15 is 0 Å². The molecule has 0 aromatic heterocycles. The summed E-state index contributed by atoms with van der Waals surface area (Å²) in [5.41, 5.74) is 1.98. The van der Waals surface area contributed by atoms with Crippen LogP contribution in [0.3, 0.4) is 0 Å². The fourth-order valence-electron chi connectivity index (χ4n) is 1.08. The molecule has 0 aliphatic carbocycles. The number of anilines is 1. The van der Waals surface area contributed by atoms with Gasteiger partial charge in [-0.05, 0) is 24.8 Å². The number of para-hydroxylation sites is 2. The Bertz CT molecular complexity index is 279. The van der Waals surface area contributed by atoms with Crippen molar-refractivity contribution < 1.29 is 0 Å². The fraction of sp³-hybridized carbons (Fsp3) is 0.364. The van der Waals surface area contributed by atoms with Gasteiger partial charge in [0.2, 0.25) is 0 Å². The first kappa shape index (κ1) is 9.78. The van der Waals surface area contributed by atoms with Crippen molar-refractivity contribution in [2.75, 3.05) is 11.9 Å². The molecule has 1 aromatic rings. The maximum atomic E-state index is 3.94. The summed E-state index contributed by atoms with van der Waals surface area (Å²) >= 11 is 0. The number of hydrogen-bond donors (Lipinski definition) is 1. The third kappa shape index (κ3) is 2.90. The molecular weight excluding hydrogens is 160 g/mol. The highest BCUT2D eigenvalue weighted by atomic mass is 14.9. The lowest BCUT2D eigenvalue weighted by molar-refractivity contribution is 0.689. The first-order valence-electron chi connectivity index (χ1n) is 4.53. The highest BCUT2D eigenvalue weighted by Crippen LogP contribution is 2.23. The van der Waals surface area contributed by atoms with Gasteiger partial charge < -0.3 is 5.32 Å². The summed E-state index contributed by atoms with van der Waals surface area (Å²) < 4.78 is 0. The number of rotatable bonds is 4. The average molecular weight is 176 g/mol. The van der Waals surface area contributed by atoms with Crippen LogP contribution in [0.5, 0.6) is 0 Å². The standard InChI is InChI=1S/C11H16N2/c1-9(2)8-13-11-7-5-4-6-10(11)12-3/h4-7,9,13H,3,8H2,1-2H3. The first-order chi connectivity index (χ1) is 6.24. The molecule has 0 atom stereocenters. The largest absolute Gasteiger partial charge is 0.383 e. The van der Waals surface area contributed by atoms with Crippen LogP contribution < -0.4 is 5.32 Å². The molecule has 0 amide bonds. The van der Waals surface area contributed by atoms with Gasteiger partial charge in [-0.25, -0.2) is 0 Å². The van der Waals surface area contributed by atoms with Crippen LogP contribution in [0.2, 0.25) is 0 Å². The van der Waals surface area contributed by atoms with Gasteiger partial charge >= 0.3 is 0 Å². The number of nitrogens with zero attached hydrogens (tertiary/aromatic N) is 1. The van der Waals surface area contributed by atoms with Gasteiger partial charge in [0.25, 0.3) is 0 Å². The molecule has 13 heavy (non-hydrogen) atoms. The summed E-state index contributed by atoms with van der Waals surface area (Å²) in [4.78, 5) is 3.94. The molecule has 0 saturated carbocycles. The van der Waals surface area contributed by atoms with Crippen LogP contribution in [0, 0.1) is 5.92 Å². The molecule has 0 radical (unpaired) electrons. The van der Waals surface area contributed by atoms with Crippen molar-refractivity contribution in [3.05, 3.63) is 24.3 Å². The second kappa shape index (κ2) is 4.65. The summed E-state index contributed by atoms with van der Waals surface area (Å²) in [6, 6.07) is 7.93. The Labute approximate surface area is 79.7 Å². The Morgan fingerprint density at radius 3 is 2.69 bits per heavy atom. The molecule has 2 heteroatoms. The highest BCUT2D eigenvalue weighted by molar-refractivity contribution is 5.67. The topological polar surface area (TPSA) is 24.4 Å². The Morgan fingerprint density at radius 1 is 1.38 bits per heavy atom. The third-order valence-electron chi connectivity index (χ3n) is 1.78. The molecule has 0 aliphatic rings. The number of aliphatic imine (C=N–C) groups is 1. The van der Waals surface area contributed by atoms with E-state index in [1.54, 1.807) is 0 Å². The van der Waals surface area contributed by atoms with Crippen LogP contribution in [-0.2, 0) is 0 Å². The monoisotopic (exact) mass is 176 g/mol. The van der Waals surface area contributed by atoms with E-state index in [1.807, 2.05) is 24.3 Å². The van der Waals surface area contributed by atoms with Gasteiger partial charge in [0.1, 0.15) is 0 Å². The Balaban J connectivity index is 2.69. The molecule has 0 aliphatic heterocycles. The number of benzene rings is 1. The maximum Gasteiger partial charge on any atom is 0.0853 e. The molecule has 0 unspecified atom stereocenters. The molecular formula is C11H16N2. The molecule has 0 saturated heterocycles. The van der Waals surface area contributed by atoms with Crippen LogP contribution in [0.1, 0.15) is 13.8 Å². The predicted octanol–water partition coefficient (Wildman–Crippen LogP) is 3.09. The quantitative estimate of drug-likeness (QED) is 0.700. The second-order valence-corrected chi connectivity index (χ2v) is 3.45. The van der Waals surface area contributed by atoms with E-state index in [9.17, 15) is 0 Å². The normalized spacial score (nSPS) is 10.1. The zero-order valence-electron chi connectivity index (χ0n) is 8.25. The molecule has 1 N–H and O–H groups in total. The summed E-state index contributed by atoms with van der Waals surface area (Å²) in [5.74, 6) is 0.637. The number of nitrogens with one attached hydrogen (secondary N) is 1. The molecule has 0 heterocycles. The van der Waals surface area contributed by atoms with Gasteiger partial charge in [-0.1, -0.05) is 26.0 Å². The van der Waals surface area contributed by atoms with Crippen LogP contribution in [0.25, 0.3) is 0 Å². The van der Waals surface area contributed by atoms with E-state index in [2.05, 4.69) is 30.9 Å². The van der Waals surface area contributed by atoms with Gasteiger partial charge in [-0.3, -0.25) is 4.99 Å². The minimum Gasteiger partial charge on any atom is -0.383 e. The smallest absolute Gasteiger partial charge is 0.0853 e. The van der Waals surface area contributed by atoms with Crippen molar-refractivity contribution in [1.82, 2.24) is 0 Å². The minimum atomic E-state index is 0.637. The van der Waals surface area contributed by atoms with Crippen molar-refractivity contribution in [2.45, 2.75) is 13.8 Å². The Hall–Kier alpha value is -1.31. The zero-order valence-corrected chi connectivity index (χ0v) is 8.25. The highest BCUT2D eigenvalue weighted by Gasteiger charge is 1.98. The van der Waals surface area contributed by atoms with Crippen molar-refractivity contribution in [1.29, 1.82) is 0 Å². The zero-order chi connectivity index (χ0) is 9.68. The van der Waals surface area contributed by atoms with Gasteiger partial charge in [-0.15, -0.1) is 0 Å². The van der Waals surface area contributed by atoms with E-state index in [-0.39, 0.29) is 0 Å². The molecule has 70 valence electrons. The first-order valence-corrected chi connectivity index (χ1v) is 4.53. The summed E-state index contributed by atoms with van der Waals surface area (Å²) in [7, 11) is 0. The van der Waals surface area contributed by atoms with Gasteiger partial charge in [0, 0.05) is 6.54 Å². The Morgan fingerprint density at radius 2 is 2.08 bits per heavy atom. The molecule has 0 bridgehead atoms. The molecule has 0 spiro atoms. The number of hydrogen-bond acceptors (Lipinski definition) is 2. The summed E-state index contributed by atoms with van der Waals surface area (Å²) in [6.07, 6.45) is 0. The lowest BCUT2D eigenvalue weighted by Gasteiger charge is -2.10. The van der Waals surface area contributed by atoms with Crippen molar-refractivity contribution in [3.8, 4) is 0 Å². The molecule has 1 aromatic carbocycles. The average Bonchev–Trinajstić information content (AvgIpc) is 2.15. The van der Waals surface area contributed by atoms with Crippen LogP contribution in [0.4, 0.5) is 11.4 Å². The fourth-order valence-corrected chi connectivity index (χ4v) is 1.08. The van der Waals surface area contributed by atoms with Crippen LogP contribution >= 0.6 is 0 Å². The lowest BCUT2D eigenvalue weighted by atomic mass is 10.2. The lowest BCUT2D eigenvalue weighted by Crippen LogP contribution is -2.07. The van der Waals surface area contributed by atoms with Crippen molar-refractivity contribution in [2.24, 2.45) is 10.9 Å². The summed E-state index contributed by atoms with van der Waals surface area (Å²) in [6.45, 7) is 8.85.